The van der Waals surface area contributed by atoms with Gasteiger partial charge in [0, 0.05) is 31.0 Å². The number of anilines is 3. The highest BCUT2D eigenvalue weighted by atomic mass is 19.1. The van der Waals surface area contributed by atoms with Crippen LogP contribution in [0.4, 0.5) is 21.7 Å². The summed E-state index contributed by atoms with van der Waals surface area (Å²) in [4.78, 5) is 31.9. The van der Waals surface area contributed by atoms with Gasteiger partial charge in [0.15, 0.2) is 0 Å². The van der Waals surface area contributed by atoms with Crippen LogP contribution in [0.25, 0.3) is 0 Å². The predicted molar refractivity (Wildman–Crippen MR) is 109 cm³/mol. The first-order chi connectivity index (χ1) is 14.0. The van der Waals surface area contributed by atoms with Crippen LogP contribution in [0.1, 0.15) is 23.0 Å². The van der Waals surface area contributed by atoms with Crippen LogP contribution < -0.4 is 16.0 Å². The van der Waals surface area contributed by atoms with Crippen LogP contribution in [-0.2, 0) is 11.2 Å². The number of hydrogen-bond donors (Lipinski definition) is 3. The normalized spacial score (nSPS) is 10.3. The fourth-order valence-electron chi connectivity index (χ4n) is 2.65. The number of aromatic nitrogens is 2. The number of halogens is 1. The molecule has 0 radical (unpaired) electrons. The predicted octanol–water partition coefficient (Wildman–Crippen LogP) is 3.48. The zero-order chi connectivity index (χ0) is 20.6. The Labute approximate surface area is 167 Å². The Balaban J connectivity index is 1.60. The van der Waals surface area contributed by atoms with Crippen LogP contribution in [0.15, 0.2) is 60.8 Å². The number of benzene rings is 2. The van der Waals surface area contributed by atoms with Crippen LogP contribution in [0.3, 0.4) is 0 Å². The zero-order valence-corrected chi connectivity index (χ0v) is 15.8. The first-order valence-electron chi connectivity index (χ1n) is 9.00. The van der Waals surface area contributed by atoms with E-state index in [-0.39, 0.29) is 23.4 Å². The number of amides is 2. The molecule has 3 aromatic rings. The van der Waals surface area contributed by atoms with E-state index in [1.165, 1.54) is 25.3 Å². The zero-order valence-electron chi connectivity index (χ0n) is 15.8. The van der Waals surface area contributed by atoms with Crippen molar-refractivity contribution in [3.8, 4) is 0 Å². The van der Waals surface area contributed by atoms with Gasteiger partial charge in [-0.1, -0.05) is 24.3 Å². The van der Waals surface area contributed by atoms with Gasteiger partial charge in [0.1, 0.15) is 11.5 Å². The Morgan fingerprint density at radius 2 is 1.76 bits per heavy atom. The van der Waals surface area contributed by atoms with Gasteiger partial charge in [0.25, 0.3) is 5.91 Å². The summed E-state index contributed by atoms with van der Waals surface area (Å²) in [5.41, 5.74) is 1.87. The summed E-state index contributed by atoms with van der Waals surface area (Å²) in [7, 11) is 0. The van der Waals surface area contributed by atoms with E-state index in [0.717, 1.165) is 0 Å². The van der Waals surface area contributed by atoms with Crippen molar-refractivity contribution >= 4 is 29.1 Å². The van der Waals surface area contributed by atoms with Crippen LogP contribution in [0.5, 0.6) is 0 Å². The molecule has 148 valence electrons. The molecule has 3 rings (SSSR count). The molecule has 1 heterocycles. The summed E-state index contributed by atoms with van der Waals surface area (Å²) in [5.74, 6) is -0.592. The highest BCUT2D eigenvalue weighted by Gasteiger charge is 2.10. The number of carbonyl (C=O) groups is 2. The molecule has 0 bridgehead atoms. The van der Waals surface area contributed by atoms with Crippen molar-refractivity contribution in [1.29, 1.82) is 0 Å². The van der Waals surface area contributed by atoms with Crippen molar-refractivity contribution < 1.29 is 14.0 Å². The molecule has 0 aliphatic heterocycles. The van der Waals surface area contributed by atoms with E-state index in [1.54, 1.807) is 42.5 Å². The summed E-state index contributed by atoms with van der Waals surface area (Å²) in [6, 6.07) is 14.8. The van der Waals surface area contributed by atoms with Gasteiger partial charge in [-0.05, 0) is 42.3 Å². The average molecular weight is 393 g/mol. The summed E-state index contributed by atoms with van der Waals surface area (Å²) in [6.45, 7) is 1.83. The fourth-order valence-corrected chi connectivity index (χ4v) is 2.65. The molecule has 0 unspecified atom stereocenters. The average Bonchev–Trinajstić information content (AvgIpc) is 2.69. The molecule has 3 N–H and O–H groups in total. The number of rotatable bonds is 7. The Hall–Kier alpha value is -3.81. The molecule has 0 fully saturated rings. The standard InChI is InChI=1S/C21H20FN5O2/c1-14(28)25-16-6-4-7-17(13-16)26-20(29)19-10-12-24-21(27-19)23-11-9-15-5-2-3-8-18(15)22/h2-8,10,12-13H,9,11H2,1H3,(H,25,28)(H,26,29)(H,23,24,27). The highest BCUT2D eigenvalue weighted by Crippen LogP contribution is 2.16. The number of nitrogens with zero attached hydrogens (tertiary/aromatic N) is 2. The lowest BCUT2D eigenvalue weighted by Gasteiger charge is -2.09. The lowest BCUT2D eigenvalue weighted by atomic mass is 10.1. The van der Waals surface area contributed by atoms with E-state index in [4.69, 9.17) is 0 Å². The van der Waals surface area contributed by atoms with Crippen molar-refractivity contribution in [2.24, 2.45) is 0 Å². The molecule has 1 aromatic heterocycles. The Morgan fingerprint density at radius 1 is 1.00 bits per heavy atom. The molecule has 8 heteroatoms. The van der Waals surface area contributed by atoms with E-state index < -0.39 is 5.91 Å². The minimum atomic E-state index is -0.412. The molecule has 0 saturated heterocycles. The van der Waals surface area contributed by atoms with Gasteiger partial charge in [-0.25, -0.2) is 14.4 Å². The van der Waals surface area contributed by atoms with Crippen molar-refractivity contribution in [2.45, 2.75) is 13.3 Å². The van der Waals surface area contributed by atoms with Gasteiger partial charge in [0.2, 0.25) is 11.9 Å². The maximum Gasteiger partial charge on any atom is 0.274 e. The summed E-state index contributed by atoms with van der Waals surface area (Å²) >= 11 is 0. The van der Waals surface area contributed by atoms with Crippen LogP contribution >= 0.6 is 0 Å². The van der Waals surface area contributed by atoms with Crippen molar-refractivity contribution in [1.82, 2.24) is 9.97 Å². The van der Waals surface area contributed by atoms with E-state index in [1.807, 2.05) is 0 Å². The molecule has 2 aromatic carbocycles. The minimum absolute atomic E-state index is 0.179. The molecule has 0 aliphatic carbocycles. The smallest absolute Gasteiger partial charge is 0.274 e. The van der Waals surface area contributed by atoms with Gasteiger partial charge < -0.3 is 16.0 Å². The van der Waals surface area contributed by atoms with Crippen molar-refractivity contribution in [3.63, 3.8) is 0 Å². The monoisotopic (exact) mass is 393 g/mol. The third-order valence-electron chi connectivity index (χ3n) is 3.96. The number of carbonyl (C=O) groups excluding carboxylic acids is 2. The van der Waals surface area contributed by atoms with E-state index >= 15 is 0 Å². The molecule has 0 atom stereocenters. The SMILES string of the molecule is CC(=O)Nc1cccc(NC(=O)c2ccnc(NCCc3ccccc3F)n2)c1. The molecule has 0 aliphatic rings. The molecule has 0 saturated carbocycles. The number of nitrogens with one attached hydrogen (secondary N) is 3. The molecule has 7 nitrogen and oxygen atoms in total. The molecule has 2 amide bonds. The summed E-state index contributed by atoms with van der Waals surface area (Å²) < 4.78 is 13.7. The maximum atomic E-state index is 13.7. The topological polar surface area (TPSA) is 96.0 Å². The first-order valence-corrected chi connectivity index (χ1v) is 9.00. The van der Waals surface area contributed by atoms with Gasteiger partial charge >= 0.3 is 0 Å². The highest BCUT2D eigenvalue weighted by molar-refractivity contribution is 6.03. The third-order valence-corrected chi connectivity index (χ3v) is 3.96. The molecular formula is C21H20FN5O2. The molecule has 29 heavy (non-hydrogen) atoms. The second-order valence-corrected chi connectivity index (χ2v) is 6.25. The van der Waals surface area contributed by atoms with Crippen molar-refractivity contribution in [3.05, 3.63) is 77.9 Å². The van der Waals surface area contributed by atoms with Crippen LogP contribution in [0, 0.1) is 5.82 Å². The van der Waals surface area contributed by atoms with Gasteiger partial charge in [-0.2, -0.15) is 0 Å². The second kappa shape index (κ2) is 9.41. The van der Waals surface area contributed by atoms with Gasteiger partial charge in [-0.3, -0.25) is 9.59 Å². The molecule has 0 spiro atoms. The number of hydrogen-bond acceptors (Lipinski definition) is 5. The largest absolute Gasteiger partial charge is 0.354 e. The van der Waals surface area contributed by atoms with Crippen LogP contribution in [0.2, 0.25) is 0 Å². The second-order valence-electron chi connectivity index (χ2n) is 6.25. The van der Waals surface area contributed by atoms with E-state index in [2.05, 4.69) is 25.9 Å². The first kappa shape index (κ1) is 19.9. The maximum absolute atomic E-state index is 13.7. The van der Waals surface area contributed by atoms with Crippen LogP contribution in [-0.4, -0.2) is 28.3 Å². The van der Waals surface area contributed by atoms with Gasteiger partial charge in [-0.15, -0.1) is 0 Å². The lowest BCUT2D eigenvalue weighted by Crippen LogP contribution is -2.16. The Bertz CT molecular complexity index is 1030. The summed E-state index contributed by atoms with van der Waals surface area (Å²) in [6.07, 6.45) is 1.93. The Kier molecular flexibility index (Phi) is 6.47. The summed E-state index contributed by atoms with van der Waals surface area (Å²) in [5, 5.41) is 8.38. The lowest BCUT2D eigenvalue weighted by molar-refractivity contribution is -0.114. The fraction of sp³-hybridized carbons (Fsp3) is 0.143. The van der Waals surface area contributed by atoms with Crippen molar-refractivity contribution in [2.75, 3.05) is 22.5 Å². The Morgan fingerprint density at radius 3 is 2.52 bits per heavy atom. The minimum Gasteiger partial charge on any atom is -0.354 e. The van der Waals surface area contributed by atoms with E-state index in [9.17, 15) is 14.0 Å². The van der Waals surface area contributed by atoms with E-state index in [0.29, 0.717) is 29.9 Å². The van der Waals surface area contributed by atoms with Gasteiger partial charge in [0.05, 0.1) is 0 Å². The quantitative estimate of drug-likeness (QED) is 0.571. The third kappa shape index (κ3) is 5.83. The molecular weight excluding hydrogens is 373 g/mol.